The summed E-state index contributed by atoms with van der Waals surface area (Å²) in [6.07, 6.45) is 0.724. The van der Waals surface area contributed by atoms with Gasteiger partial charge in [-0.25, -0.2) is 17.6 Å². The van der Waals surface area contributed by atoms with Crippen LogP contribution in [0.1, 0.15) is 16.8 Å². The van der Waals surface area contributed by atoms with Gasteiger partial charge >= 0.3 is 5.97 Å². The van der Waals surface area contributed by atoms with Gasteiger partial charge in [-0.15, -0.1) is 0 Å². The molecule has 25 heavy (non-hydrogen) atoms. The fourth-order valence-electron chi connectivity index (χ4n) is 3.40. The summed E-state index contributed by atoms with van der Waals surface area (Å²) in [6, 6.07) is 3.24. The number of methoxy groups -OCH3 is 1. The molecular weight excluding hydrogens is 349 g/mol. The van der Waals surface area contributed by atoms with E-state index in [0.29, 0.717) is 13.1 Å². The highest BCUT2D eigenvalue weighted by molar-refractivity contribution is 7.89. The zero-order valence-corrected chi connectivity index (χ0v) is 14.9. The van der Waals surface area contributed by atoms with Crippen LogP contribution in [0.5, 0.6) is 0 Å². The number of benzene rings is 1. The Morgan fingerprint density at radius 1 is 1.28 bits per heavy atom. The SMILES string of the molecule is COC(=O)c1ccc(F)cc1S(=O)(=O)N1CCC(N2CCNCC2)C1. The average molecular weight is 371 g/mol. The molecule has 0 aliphatic carbocycles. The van der Waals surface area contributed by atoms with Gasteiger partial charge in [0.1, 0.15) is 5.82 Å². The minimum absolute atomic E-state index is 0.144. The number of halogens is 1. The van der Waals surface area contributed by atoms with Crippen LogP contribution in [0, 0.1) is 5.82 Å². The molecule has 2 heterocycles. The maximum atomic E-state index is 13.6. The molecular formula is C16H22FN3O4S. The number of hydrogen-bond donors (Lipinski definition) is 1. The Labute approximate surface area is 146 Å². The number of hydrogen-bond acceptors (Lipinski definition) is 6. The summed E-state index contributed by atoms with van der Waals surface area (Å²) in [4.78, 5) is 13.8. The van der Waals surface area contributed by atoms with Crippen LogP contribution in [0.3, 0.4) is 0 Å². The number of nitrogens with zero attached hydrogens (tertiary/aromatic N) is 2. The molecule has 1 aromatic rings. The molecule has 1 N–H and O–H groups in total. The summed E-state index contributed by atoms with van der Waals surface area (Å²) in [5, 5.41) is 3.27. The molecule has 138 valence electrons. The monoisotopic (exact) mass is 371 g/mol. The normalized spacial score (nSPS) is 22.9. The lowest BCUT2D eigenvalue weighted by Crippen LogP contribution is -2.49. The van der Waals surface area contributed by atoms with Gasteiger partial charge < -0.3 is 10.1 Å². The predicted molar refractivity (Wildman–Crippen MR) is 89.3 cm³/mol. The molecule has 0 radical (unpaired) electrons. The van der Waals surface area contributed by atoms with Gasteiger partial charge in [-0.05, 0) is 24.6 Å². The molecule has 2 saturated heterocycles. The van der Waals surface area contributed by atoms with Crippen LogP contribution in [0.4, 0.5) is 4.39 Å². The van der Waals surface area contributed by atoms with E-state index >= 15 is 0 Å². The molecule has 0 spiro atoms. The van der Waals surface area contributed by atoms with E-state index in [4.69, 9.17) is 0 Å². The first-order valence-electron chi connectivity index (χ1n) is 8.26. The minimum atomic E-state index is -3.97. The first-order chi connectivity index (χ1) is 11.9. The topological polar surface area (TPSA) is 79.0 Å². The number of piperazine rings is 1. The second-order valence-corrected chi connectivity index (χ2v) is 8.13. The summed E-state index contributed by atoms with van der Waals surface area (Å²) < 4.78 is 45.6. The number of ether oxygens (including phenoxy) is 1. The predicted octanol–water partition coefficient (Wildman–Crippen LogP) is 0.281. The van der Waals surface area contributed by atoms with Gasteiger partial charge in [-0.3, -0.25) is 4.90 Å². The molecule has 2 aliphatic rings. The molecule has 1 atom stereocenters. The Kier molecular flexibility index (Phi) is 5.38. The van der Waals surface area contributed by atoms with E-state index in [2.05, 4.69) is 15.0 Å². The van der Waals surface area contributed by atoms with Crippen molar-refractivity contribution in [2.24, 2.45) is 0 Å². The second-order valence-electron chi connectivity index (χ2n) is 6.22. The lowest BCUT2D eigenvalue weighted by molar-refractivity contribution is 0.0596. The van der Waals surface area contributed by atoms with Crippen molar-refractivity contribution in [3.05, 3.63) is 29.6 Å². The van der Waals surface area contributed by atoms with Gasteiger partial charge in [-0.1, -0.05) is 0 Å². The molecule has 2 aliphatic heterocycles. The Hall–Kier alpha value is -1.55. The van der Waals surface area contributed by atoms with Crippen LogP contribution in [0.25, 0.3) is 0 Å². The van der Waals surface area contributed by atoms with Crippen LogP contribution >= 0.6 is 0 Å². The van der Waals surface area contributed by atoms with E-state index < -0.39 is 21.8 Å². The van der Waals surface area contributed by atoms with E-state index in [1.807, 2.05) is 0 Å². The zero-order valence-electron chi connectivity index (χ0n) is 14.1. The molecule has 0 bridgehead atoms. The fraction of sp³-hybridized carbons (Fsp3) is 0.562. The summed E-state index contributed by atoms with van der Waals surface area (Å²) in [5.41, 5.74) is -0.144. The molecule has 2 fully saturated rings. The Bertz CT molecular complexity index is 750. The molecule has 1 aromatic carbocycles. The summed E-state index contributed by atoms with van der Waals surface area (Å²) >= 11 is 0. The van der Waals surface area contributed by atoms with Crippen LogP contribution in [-0.2, 0) is 14.8 Å². The van der Waals surface area contributed by atoms with Crippen molar-refractivity contribution in [2.75, 3.05) is 46.4 Å². The molecule has 3 rings (SSSR count). The summed E-state index contributed by atoms with van der Waals surface area (Å²) in [6.45, 7) is 4.24. The lowest BCUT2D eigenvalue weighted by atomic mass is 10.2. The second kappa shape index (κ2) is 7.36. The highest BCUT2D eigenvalue weighted by Crippen LogP contribution is 2.27. The third-order valence-electron chi connectivity index (χ3n) is 4.76. The third kappa shape index (κ3) is 3.69. The van der Waals surface area contributed by atoms with Gasteiger partial charge in [0.15, 0.2) is 0 Å². The number of sulfonamides is 1. The summed E-state index contributed by atoms with van der Waals surface area (Å²) in [7, 11) is -2.80. The molecule has 1 unspecified atom stereocenters. The highest BCUT2D eigenvalue weighted by Gasteiger charge is 2.37. The summed E-state index contributed by atoms with van der Waals surface area (Å²) in [5.74, 6) is -1.50. The lowest BCUT2D eigenvalue weighted by Gasteiger charge is -2.32. The number of carbonyl (C=O) groups is 1. The quantitative estimate of drug-likeness (QED) is 0.766. The van der Waals surface area contributed by atoms with Gasteiger partial charge in [0, 0.05) is 45.3 Å². The first-order valence-corrected chi connectivity index (χ1v) is 9.70. The van der Waals surface area contributed by atoms with Crippen molar-refractivity contribution in [1.29, 1.82) is 0 Å². The molecule has 0 saturated carbocycles. The Morgan fingerprint density at radius 2 is 2.00 bits per heavy atom. The van der Waals surface area contributed by atoms with E-state index in [1.165, 1.54) is 11.4 Å². The highest BCUT2D eigenvalue weighted by atomic mass is 32.2. The third-order valence-corrected chi connectivity index (χ3v) is 6.67. The number of nitrogens with one attached hydrogen (secondary N) is 1. The van der Waals surface area contributed by atoms with Crippen LogP contribution in [0.15, 0.2) is 23.1 Å². The van der Waals surface area contributed by atoms with Gasteiger partial charge in [0.25, 0.3) is 0 Å². The standard InChI is InChI=1S/C16H22FN3O4S/c1-24-16(21)14-3-2-12(17)10-15(14)25(22,23)20-7-4-13(11-20)19-8-5-18-6-9-19/h2-3,10,13,18H,4-9,11H2,1H3. The van der Waals surface area contributed by atoms with E-state index in [9.17, 15) is 17.6 Å². The van der Waals surface area contributed by atoms with Gasteiger partial charge in [-0.2, -0.15) is 4.31 Å². The van der Waals surface area contributed by atoms with E-state index in [-0.39, 0.29) is 16.5 Å². The van der Waals surface area contributed by atoms with Crippen LogP contribution in [0.2, 0.25) is 0 Å². The number of carbonyl (C=O) groups excluding carboxylic acids is 1. The van der Waals surface area contributed by atoms with Crippen molar-refractivity contribution >= 4 is 16.0 Å². The average Bonchev–Trinajstić information content (AvgIpc) is 3.13. The molecule has 0 amide bonds. The molecule has 0 aromatic heterocycles. The van der Waals surface area contributed by atoms with E-state index in [0.717, 1.165) is 50.8 Å². The minimum Gasteiger partial charge on any atom is -0.465 e. The first kappa shape index (κ1) is 18.2. The molecule has 7 nitrogen and oxygen atoms in total. The van der Waals surface area contributed by atoms with Crippen LogP contribution < -0.4 is 5.32 Å². The Balaban J connectivity index is 1.85. The van der Waals surface area contributed by atoms with Crippen molar-refractivity contribution in [1.82, 2.24) is 14.5 Å². The van der Waals surface area contributed by atoms with E-state index in [1.54, 1.807) is 0 Å². The Morgan fingerprint density at radius 3 is 2.68 bits per heavy atom. The largest absolute Gasteiger partial charge is 0.465 e. The van der Waals surface area contributed by atoms with Gasteiger partial charge in [0.2, 0.25) is 10.0 Å². The fourth-order valence-corrected chi connectivity index (χ4v) is 5.08. The molecule has 9 heteroatoms. The van der Waals surface area contributed by atoms with Crippen LogP contribution in [-0.4, -0.2) is 76.0 Å². The van der Waals surface area contributed by atoms with Crippen molar-refractivity contribution < 1.29 is 22.3 Å². The zero-order chi connectivity index (χ0) is 18.0. The van der Waals surface area contributed by atoms with Crippen molar-refractivity contribution in [3.63, 3.8) is 0 Å². The smallest absolute Gasteiger partial charge is 0.339 e. The van der Waals surface area contributed by atoms with Crippen molar-refractivity contribution in [3.8, 4) is 0 Å². The maximum Gasteiger partial charge on any atom is 0.339 e. The number of rotatable bonds is 4. The van der Waals surface area contributed by atoms with Crippen molar-refractivity contribution in [2.45, 2.75) is 17.4 Å². The van der Waals surface area contributed by atoms with Gasteiger partial charge in [0.05, 0.1) is 17.6 Å². The maximum absolute atomic E-state index is 13.6. The number of esters is 1.